The number of aliphatic carboxylic acids is 1. The number of rotatable bonds is 5. The van der Waals surface area contributed by atoms with Crippen LogP contribution in [0.1, 0.15) is 6.92 Å². The van der Waals surface area contributed by atoms with Crippen LogP contribution in [0.5, 0.6) is 5.75 Å². The van der Waals surface area contributed by atoms with Gasteiger partial charge in [-0.15, -0.1) is 0 Å². The lowest BCUT2D eigenvalue weighted by molar-refractivity contribution is -0.141. The molecule has 2 aromatic rings. The zero-order chi connectivity index (χ0) is 17.1. The summed E-state index contributed by atoms with van der Waals surface area (Å²) in [5.41, 5.74) is 6.54. The first-order chi connectivity index (χ1) is 10.8. The molecule has 1 heterocycles. The molecular formula is C15H17N3O5. The average Bonchev–Trinajstić information content (AvgIpc) is 2.49. The van der Waals surface area contributed by atoms with Crippen LogP contribution in [0.4, 0.5) is 5.69 Å². The number of aromatic nitrogens is 1. The van der Waals surface area contributed by atoms with Crippen molar-refractivity contribution in [2.75, 3.05) is 12.3 Å². The SMILES string of the molecule is C[C@H](NC(=O)COc1cc2cc(N)ccc2n(C)c1=O)C(=O)O. The van der Waals surface area contributed by atoms with Crippen LogP contribution in [0.2, 0.25) is 0 Å². The molecule has 0 bridgehead atoms. The zero-order valence-electron chi connectivity index (χ0n) is 12.7. The van der Waals surface area contributed by atoms with E-state index in [4.69, 9.17) is 15.6 Å². The molecule has 1 atom stereocenters. The zero-order valence-corrected chi connectivity index (χ0v) is 12.7. The number of carbonyl (C=O) groups is 2. The first-order valence-electron chi connectivity index (χ1n) is 6.84. The van der Waals surface area contributed by atoms with Crippen LogP contribution in [-0.4, -0.2) is 34.2 Å². The number of anilines is 1. The largest absolute Gasteiger partial charge is 0.480 e. The fraction of sp³-hybridized carbons (Fsp3) is 0.267. The Morgan fingerprint density at radius 2 is 2.09 bits per heavy atom. The number of carboxylic acid groups (broad SMARTS) is 1. The first-order valence-corrected chi connectivity index (χ1v) is 6.84. The molecule has 8 nitrogen and oxygen atoms in total. The summed E-state index contributed by atoms with van der Waals surface area (Å²) in [6.07, 6.45) is 0. The molecule has 0 saturated heterocycles. The van der Waals surface area contributed by atoms with Crippen LogP contribution in [0.25, 0.3) is 10.9 Å². The van der Waals surface area contributed by atoms with Gasteiger partial charge in [-0.3, -0.25) is 14.4 Å². The number of aryl methyl sites for hydroxylation is 1. The minimum Gasteiger partial charge on any atom is -0.480 e. The van der Waals surface area contributed by atoms with E-state index in [2.05, 4.69) is 5.32 Å². The first kappa shape index (κ1) is 16.3. The van der Waals surface area contributed by atoms with Gasteiger partial charge in [-0.25, -0.2) is 0 Å². The Morgan fingerprint density at radius 3 is 2.74 bits per heavy atom. The Hall–Kier alpha value is -3.03. The normalized spacial score (nSPS) is 11.9. The number of hydrogen-bond donors (Lipinski definition) is 3. The van der Waals surface area contributed by atoms with E-state index >= 15 is 0 Å². The highest BCUT2D eigenvalue weighted by Crippen LogP contribution is 2.19. The second-order valence-electron chi connectivity index (χ2n) is 5.11. The molecule has 0 fully saturated rings. The van der Waals surface area contributed by atoms with Crippen LogP contribution < -0.4 is 21.3 Å². The molecule has 0 aliphatic rings. The highest BCUT2D eigenvalue weighted by Gasteiger charge is 2.15. The number of amides is 1. The van der Waals surface area contributed by atoms with E-state index in [0.717, 1.165) is 0 Å². The molecule has 122 valence electrons. The molecule has 1 aromatic heterocycles. The van der Waals surface area contributed by atoms with Crippen LogP contribution in [0.3, 0.4) is 0 Å². The predicted molar refractivity (Wildman–Crippen MR) is 84.3 cm³/mol. The number of nitrogen functional groups attached to an aromatic ring is 1. The van der Waals surface area contributed by atoms with Gasteiger partial charge in [-0.2, -0.15) is 0 Å². The molecule has 0 unspecified atom stereocenters. The summed E-state index contributed by atoms with van der Waals surface area (Å²) in [6.45, 7) is 0.874. The molecule has 0 saturated carbocycles. The Balaban J connectivity index is 2.20. The van der Waals surface area contributed by atoms with Gasteiger partial charge < -0.3 is 25.5 Å². The van der Waals surface area contributed by atoms with E-state index in [1.807, 2.05) is 0 Å². The van der Waals surface area contributed by atoms with Crippen molar-refractivity contribution < 1.29 is 19.4 Å². The van der Waals surface area contributed by atoms with Crippen molar-refractivity contribution in [3.63, 3.8) is 0 Å². The molecule has 2 rings (SSSR count). The highest BCUT2D eigenvalue weighted by molar-refractivity contribution is 5.85. The number of benzene rings is 1. The number of pyridine rings is 1. The molecular weight excluding hydrogens is 302 g/mol. The number of nitrogens with two attached hydrogens (primary N) is 1. The molecule has 0 radical (unpaired) electrons. The number of nitrogens with zero attached hydrogens (tertiary/aromatic N) is 1. The third kappa shape index (κ3) is 3.60. The number of carbonyl (C=O) groups excluding carboxylic acids is 1. The lowest BCUT2D eigenvalue weighted by Crippen LogP contribution is -2.41. The molecule has 8 heteroatoms. The van der Waals surface area contributed by atoms with Crippen LogP contribution >= 0.6 is 0 Å². The Kier molecular flexibility index (Phi) is 4.54. The molecule has 0 spiro atoms. The summed E-state index contributed by atoms with van der Waals surface area (Å²) < 4.78 is 6.62. The summed E-state index contributed by atoms with van der Waals surface area (Å²) in [4.78, 5) is 34.5. The van der Waals surface area contributed by atoms with Crippen molar-refractivity contribution in [2.24, 2.45) is 7.05 Å². The maximum atomic E-state index is 12.2. The van der Waals surface area contributed by atoms with E-state index in [9.17, 15) is 14.4 Å². The molecule has 0 aliphatic carbocycles. The lowest BCUT2D eigenvalue weighted by atomic mass is 10.2. The average molecular weight is 319 g/mol. The quantitative estimate of drug-likeness (QED) is 0.671. The standard InChI is InChI=1S/C15H17N3O5/c1-8(15(21)22)17-13(19)7-23-12-6-9-5-10(16)3-4-11(9)18(2)14(12)20/h3-6,8H,7,16H2,1-2H3,(H,17,19)(H,21,22)/t8-/m0/s1. The van der Waals surface area contributed by atoms with Crippen molar-refractivity contribution >= 4 is 28.5 Å². The summed E-state index contributed by atoms with van der Waals surface area (Å²) >= 11 is 0. The van der Waals surface area contributed by atoms with E-state index in [1.54, 1.807) is 25.2 Å². The Bertz CT molecular complexity index is 828. The number of carboxylic acids is 1. The fourth-order valence-corrected chi connectivity index (χ4v) is 2.06. The van der Waals surface area contributed by atoms with Crippen LogP contribution in [-0.2, 0) is 16.6 Å². The second kappa shape index (κ2) is 6.39. The topological polar surface area (TPSA) is 124 Å². The molecule has 1 amide bonds. The van der Waals surface area contributed by atoms with Crippen molar-refractivity contribution in [3.8, 4) is 5.75 Å². The minimum absolute atomic E-state index is 0.0104. The van der Waals surface area contributed by atoms with Crippen molar-refractivity contribution in [2.45, 2.75) is 13.0 Å². The van der Waals surface area contributed by atoms with Gasteiger partial charge in [0.05, 0.1) is 5.52 Å². The van der Waals surface area contributed by atoms with Crippen molar-refractivity contribution in [3.05, 3.63) is 34.6 Å². The van der Waals surface area contributed by atoms with E-state index < -0.39 is 30.1 Å². The smallest absolute Gasteiger partial charge is 0.325 e. The van der Waals surface area contributed by atoms with E-state index in [0.29, 0.717) is 16.6 Å². The molecule has 23 heavy (non-hydrogen) atoms. The predicted octanol–water partition coefficient (Wildman–Crippen LogP) is 0.0888. The number of fused-ring (bicyclic) bond motifs is 1. The van der Waals surface area contributed by atoms with Gasteiger partial charge in [0.1, 0.15) is 6.04 Å². The van der Waals surface area contributed by atoms with Crippen LogP contribution in [0.15, 0.2) is 29.1 Å². The second-order valence-corrected chi connectivity index (χ2v) is 5.11. The Labute approximate surface area is 131 Å². The third-order valence-corrected chi connectivity index (χ3v) is 3.32. The van der Waals surface area contributed by atoms with Crippen molar-refractivity contribution in [1.82, 2.24) is 9.88 Å². The summed E-state index contributed by atoms with van der Waals surface area (Å²) in [6, 6.07) is 5.56. The molecule has 4 N–H and O–H groups in total. The maximum Gasteiger partial charge on any atom is 0.325 e. The monoisotopic (exact) mass is 319 g/mol. The van der Waals surface area contributed by atoms with Gasteiger partial charge >= 0.3 is 5.97 Å². The number of hydrogen-bond acceptors (Lipinski definition) is 5. The van der Waals surface area contributed by atoms with Gasteiger partial charge in [-0.05, 0) is 31.2 Å². The van der Waals surface area contributed by atoms with Crippen molar-refractivity contribution in [1.29, 1.82) is 0 Å². The third-order valence-electron chi connectivity index (χ3n) is 3.32. The van der Waals surface area contributed by atoms with E-state index in [1.165, 1.54) is 17.6 Å². The van der Waals surface area contributed by atoms with E-state index in [-0.39, 0.29) is 5.75 Å². The summed E-state index contributed by atoms with van der Waals surface area (Å²) in [5.74, 6) is -1.80. The molecule has 1 aromatic carbocycles. The summed E-state index contributed by atoms with van der Waals surface area (Å²) in [5, 5.41) is 11.7. The Morgan fingerprint density at radius 1 is 1.39 bits per heavy atom. The lowest BCUT2D eigenvalue weighted by Gasteiger charge is -2.12. The fourth-order valence-electron chi connectivity index (χ4n) is 2.06. The summed E-state index contributed by atoms with van der Waals surface area (Å²) in [7, 11) is 1.58. The van der Waals surface area contributed by atoms with Gasteiger partial charge in [0.2, 0.25) is 0 Å². The van der Waals surface area contributed by atoms with Crippen LogP contribution in [0, 0.1) is 0 Å². The maximum absolute atomic E-state index is 12.2. The number of nitrogens with one attached hydrogen (secondary N) is 1. The van der Waals surface area contributed by atoms with Gasteiger partial charge in [0.15, 0.2) is 12.4 Å². The number of ether oxygens (including phenoxy) is 1. The van der Waals surface area contributed by atoms with Gasteiger partial charge in [0.25, 0.3) is 11.5 Å². The molecule has 0 aliphatic heterocycles. The van der Waals surface area contributed by atoms with Gasteiger partial charge in [-0.1, -0.05) is 0 Å². The van der Waals surface area contributed by atoms with Gasteiger partial charge in [0, 0.05) is 18.1 Å². The highest BCUT2D eigenvalue weighted by atomic mass is 16.5. The minimum atomic E-state index is -1.16.